The van der Waals surface area contributed by atoms with E-state index in [0.29, 0.717) is 0 Å². The van der Waals surface area contributed by atoms with Crippen LogP contribution in [0.2, 0.25) is 0 Å². The summed E-state index contributed by atoms with van der Waals surface area (Å²) in [6, 6.07) is 52.2. The van der Waals surface area contributed by atoms with Crippen LogP contribution < -0.4 is 0 Å². The molecule has 9 aromatic rings. The highest BCUT2D eigenvalue weighted by molar-refractivity contribution is 6.07. The Labute approximate surface area is 291 Å². The Morgan fingerprint density at radius 2 is 0.740 bits per heavy atom. The van der Waals surface area contributed by atoms with E-state index in [9.17, 15) is 0 Å². The van der Waals surface area contributed by atoms with Gasteiger partial charge in [0.2, 0.25) is 0 Å². The molecule has 0 saturated heterocycles. The maximum atomic E-state index is 4.67. The molecule has 0 saturated carbocycles. The van der Waals surface area contributed by atoms with Crippen molar-refractivity contribution in [3.05, 3.63) is 206 Å². The molecule has 5 aromatic carbocycles. The molecule has 50 heavy (non-hydrogen) atoms. The van der Waals surface area contributed by atoms with Gasteiger partial charge in [-0.15, -0.1) is 0 Å². The van der Waals surface area contributed by atoms with E-state index >= 15 is 0 Å². The molecule has 0 aliphatic heterocycles. The first-order valence-electron chi connectivity index (χ1n) is 16.9. The molecule has 0 spiro atoms. The van der Waals surface area contributed by atoms with Crippen LogP contribution in [0.5, 0.6) is 0 Å². The fourth-order valence-electron chi connectivity index (χ4n) is 6.90. The Bertz CT molecular complexity index is 2310. The number of rotatable bonds is 7. The van der Waals surface area contributed by atoms with Crippen LogP contribution in [0.15, 0.2) is 183 Å². The predicted octanol–water partition coefficient (Wildman–Crippen LogP) is 11.2. The lowest BCUT2D eigenvalue weighted by Crippen LogP contribution is -1.96. The molecule has 0 aliphatic rings. The van der Waals surface area contributed by atoms with Gasteiger partial charge in [0.1, 0.15) is 0 Å². The molecule has 4 heteroatoms. The standard InChI is InChI=1S/C42H30N4.C4H6/c1-3-9-37-35(7-1)41-39(11-5-25-43-41)45(37)33-21-17-31(18-22-33)27-29-13-15-30(16-14-29)28-32-19-23-34(24-20-32)46-38-10-4-2-8-36(38)42-40(46)12-6-26-44-42;1-3-4-2/h1-26H,27-28H2;3-4H,1-2H2. The summed E-state index contributed by atoms with van der Waals surface area (Å²) in [4.78, 5) is 9.34. The minimum absolute atomic E-state index is 0.900. The second-order valence-corrected chi connectivity index (χ2v) is 12.4. The molecule has 240 valence electrons. The quantitative estimate of drug-likeness (QED) is 0.162. The number of allylic oxidation sites excluding steroid dienone is 2. The fourth-order valence-corrected chi connectivity index (χ4v) is 6.90. The summed E-state index contributed by atoms with van der Waals surface area (Å²) in [5.41, 5.74) is 14.2. The van der Waals surface area contributed by atoms with Gasteiger partial charge in [-0.2, -0.15) is 0 Å². The van der Waals surface area contributed by atoms with Crippen molar-refractivity contribution in [2.75, 3.05) is 0 Å². The van der Waals surface area contributed by atoms with Crippen molar-refractivity contribution in [1.82, 2.24) is 19.1 Å². The summed E-state index contributed by atoms with van der Waals surface area (Å²) in [5, 5.41) is 2.36. The second-order valence-electron chi connectivity index (χ2n) is 12.4. The van der Waals surface area contributed by atoms with Gasteiger partial charge in [-0.25, -0.2) is 0 Å². The minimum Gasteiger partial charge on any atom is -0.308 e. The third kappa shape index (κ3) is 5.78. The second kappa shape index (κ2) is 13.5. The maximum Gasteiger partial charge on any atom is 0.0963 e. The van der Waals surface area contributed by atoms with E-state index in [4.69, 9.17) is 0 Å². The average Bonchev–Trinajstić information content (AvgIpc) is 3.70. The molecule has 4 nitrogen and oxygen atoms in total. The Kier molecular flexibility index (Phi) is 8.34. The number of pyridine rings is 2. The van der Waals surface area contributed by atoms with E-state index < -0.39 is 0 Å². The third-order valence-corrected chi connectivity index (χ3v) is 9.25. The van der Waals surface area contributed by atoms with Crippen LogP contribution in [0.3, 0.4) is 0 Å². The lowest BCUT2D eigenvalue weighted by Gasteiger charge is -2.10. The summed E-state index contributed by atoms with van der Waals surface area (Å²) in [5.74, 6) is 0. The normalized spacial score (nSPS) is 11.1. The molecule has 0 N–H and O–H groups in total. The molecular weight excluding hydrogens is 609 g/mol. The molecule has 0 bridgehead atoms. The number of hydrogen-bond acceptors (Lipinski definition) is 2. The largest absolute Gasteiger partial charge is 0.308 e. The average molecular weight is 645 g/mol. The van der Waals surface area contributed by atoms with E-state index in [1.54, 1.807) is 12.2 Å². The monoisotopic (exact) mass is 644 g/mol. The SMILES string of the molecule is C=CC=C.c1ccc2c(c1)c1ncccc1n2-c1ccc(Cc2ccc(Cc3ccc(-n4c5ccccc5c5ncccc54)cc3)cc2)cc1. The van der Waals surface area contributed by atoms with Crippen LogP contribution in [-0.4, -0.2) is 19.1 Å². The van der Waals surface area contributed by atoms with Gasteiger partial charge in [0, 0.05) is 34.5 Å². The van der Waals surface area contributed by atoms with Crippen molar-refractivity contribution in [1.29, 1.82) is 0 Å². The third-order valence-electron chi connectivity index (χ3n) is 9.25. The summed E-state index contributed by atoms with van der Waals surface area (Å²) in [6.45, 7) is 6.72. The zero-order valence-corrected chi connectivity index (χ0v) is 27.8. The number of benzene rings is 5. The van der Waals surface area contributed by atoms with Crippen LogP contribution in [-0.2, 0) is 12.8 Å². The van der Waals surface area contributed by atoms with Gasteiger partial charge in [0.25, 0.3) is 0 Å². The lowest BCUT2D eigenvalue weighted by atomic mass is 10.00. The van der Waals surface area contributed by atoms with Crippen LogP contribution >= 0.6 is 0 Å². The minimum atomic E-state index is 0.900. The molecule has 4 aromatic heterocycles. The zero-order valence-electron chi connectivity index (χ0n) is 27.8. The number of fused-ring (bicyclic) bond motifs is 6. The molecular formula is C46H36N4. The van der Waals surface area contributed by atoms with E-state index in [0.717, 1.165) is 46.3 Å². The number of hydrogen-bond donors (Lipinski definition) is 0. The van der Waals surface area contributed by atoms with Crippen molar-refractivity contribution in [2.45, 2.75) is 12.8 Å². The molecule has 0 radical (unpaired) electrons. The molecule has 0 atom stereocenters. The van der Waals surface area contributed by atoms with Crippen LogP contribution in [0.4, 0.5) is 0 Å². The van der Waals surface area contributed by atoms with Gasteiger partial charge < -0.3 is 9.13 Å². The van der Waals surface area contributed by atoms with Crippen molar-refractivity contribution in [3.63, 3.8) is 0 Å². The number of aromatic nitrogens is 4. The van der Waals surface area contributed by atoms with Crippen molar-refractivity contribution in [2.24, 2.45) is 0 Å². The molecule has 4 heterocycles. The highest BCUT2D eigenvalue weighted by Crippen LogP contribution is 2.32. The Hall–Kier alpha value is -6.52. The maximum absolute atomic E-state index is 4.67. The van der Waals surface area contributed by atoms with Crippen molar-refractivity contribution < 1.29 is 0 Å². The van der Waals surface area contributed by atoms with Gasteiger partial charge in [0.05, 0.1) is 33.1 Å². The first kappa shape index (κ1) is 30.8. The van der Waals surface area contributed by atoms with Crippen LogP contribution in [0, 0.1) is 0 Å². The lowest BCUT2D eigenvalue weighted by molar-refractivity contribution is 1.13. The molecule has 0 fully saturated rings. The van der Waals surface area contributed by atoms with E-state index in [2.05, 4.69) is 166 Å². The van der Waals surface area contributed by atoms with Gasteiger partial charge in [-0.1, -0.05) is 110 Å². The molecule has 0 aliphatic carbocycles. The summed E-state index contributed by atoms with van der Waals surface area (Å²) < 4.78 is 4.62. The topological polar surface area (TPSA) is 35.6 Å². The summed E-state index contributed by atoms with van der Waals surface area (Å²) in [7, 11) is 0. The van der Waals surface area contributed by atoms with Gasteiger partial charge in [-0.05, 0) is 95.8 Å². The van der Waals surface area contributed by atoms with Gasteiger partial charge in [0.15, 0.2) is 0 Å². The first-order chi connectivity index (χ1) is 24.7. The van der Waals surface area contributed by atoms with E-state index in [1.807, 2.05) is 24.5 Å². The molecule has 0 unspecified atom stereocenters. The summed E-state index contributed by atoms with van der Waals surface area (Å²) >= 11 is 0. The van der Waals surface area contributed by atoms with Crippen LogP contribution in [0.25, 0.3) is 55.2 Å². The fraction of sp³-hybridized carbons (Fsp3) is 0.0435. The van der Waals surface area contributed by atoms with Gasteiger partial charge in [-0.3, -0.25) is 9.97 Å². The number of para-hydroxylation sites is 2. The van der Waals surface area contributed by atoms with E-state index in [1.165, 1.54) is 44.1 Å². The van der Waals surface area contributed by atoms with Gasteiger partial charge >= 0.3 is 0 Å². The zero-order chi connectivity index (χ0) is 33.9. The molecule has 0 amide bonds. The Morgan fingerprint density at radius 3 is 1.12 bits per heavy atom. The smallest absolute Gasteiger partial charge is 0.0963 e. The highest BCUT2D eigenvalue weighted by Gasteiger charge is 2.14. The van der Waals surface area contributed by atoms with E-state index in [-0.39, 0.29) is 0 Å². The predicted molar refractivity (Wildman–Crippen MR) is 210 cm³/mol. The van der Waals surface area contributed by atoms with Crippen molar-refractivity contribution in [3.8, 4) is 11.4 Å². The first-order valence-corrected chi connectivity index (χ1v) is 16.9. The Morgan fingerprint density at radius 1 is 0.400 bits per heavy atom. The van der Waals surface area contributed by atoms with Crippen molar-refractivity contribution >= 4 is 43.9 Å². The Balaban J connectivity index is 0.000000859. The van der Waals surface area contributed by atoms with Crippen LogP contribution in [0.1, 0.15) is 22.3 Å². The molecule has 9 rings (SSSR count). The summed E-state index contributed by atoms with van der Waals surface area (Å²) in [6.07, 6.45) is 8.82. The highest BCUT2D eigenvalue weighted by atomic mass is 15.0. The number of nitrogens with zero attached hydrogens (tertiary/aromatic N) is 4.